The molecule has 1 aliphatic rings. The molecule has 0 bridgehead atoms. The zero-order valence-corrected chi connectivity index (χ0v) is 16.4. The Morgan fingerprint density at radius 3 is 2.31 bits per heavy atom. The van der Waals surface area contributed by atoms with Gasteiger partial charge in [0, 0.05) is 12.8 Å². The molecule has 0 amide bonds. The number of anilines is 1. The summed E-state index contributed by atoms with van der Waals surface area (Å²) in [6.07, 6.45) is 1.18. The third-order valence-corrected chi connectivity index (χ3v) is 6.04. The minimum atomic E-state index is -3.26. The lowest BCUT2D eigenvalue weighted by Crippen LogP contribution is -2.26. The van der Waals surface area contributed by atoms with Gasteiger partial charge in [-0.3, -0.25) is 9.73 Å². The second-order valence-corrected chi connectivity index (χ2v) is 8.97. The maximum absolute atomic E-state index is 11.6. The van der Waals surface area contributed by atoms with Crippen molar-refractivity contribution in [3.63, 3.8) is 0 Å². The summed E-state index contributed by atoms with van der Waals surface area (Å²) >= 11 is 1.58. The van der Waals surface area contributed by atoms with Gasteiger partial charge >= 0.3 is 0 Å². The number of thioether (sulfide) groups is 1. The maximum Gasteiger partial charge on any atom is 0.231 e. The SMILES string of the molecule is Cc1ccc(N=C2NN=C(c3ccc(N(C)S(C)(=O)=O)cc3)CS2)cc1. The molecule has 0 fully saturated rings. The summed E-state index contributed by atoms with van der Waals surface area (Å²) in [5.74, 6) is 0.693. The number of hydrogen-bond donors (Lipinski definition) is 1. The fourth-order valence-corrected chi connectivity index (χ4v) is 3.60. The fraction of sp³-hybridized carbons (Fsp3) is 0.222. The van der Waals surface area contributed by atoms with Gasteiger partial charge in [0.15, 0.2) is 5.17 Å². The topological polar surface area (TPSA) is 74.1 Å². The molecule has 6 nitrogen and oxygen atoms in total. The second kappa shape index (κ2) is 7.51. The highest BCUT2D eigenvalue weighted by Crippen LogP contribution is 2.21. The molecule has 2 aromatic carbocycles. The first-order valence-electron chi connectivity index (χ1n) is 7.98. The van der Waals surface area contributed by atoms with E-state index in [1.54, 1.807) is 23.9 Å². The van der Waals surface area contributed by atoms with Gasteiger partial charge in [-0.15, -0.1) is 0 Å². The fourth-order valence-electron chi connectivity index (χ4n) is 2.31. The Kier molecular flexibility index (Phi) is 5.33. The van der Waals surface area contributed by atoms with E-state index < -0.39 is 10.0 Å². The molecular weight excluding hydrogens is 368 g/mol. The Hall–Kier alpha value is -2.32. The Morgan fingerprint density at radius 2 is 1.77 bits per heavy atom. The van der Waals surface area contributed by atoms with Gasteiger partial charge in [-0.2, -0.15) is 5.10 Å². The summed E-state index contributed by atoms with van der Waals surface area (Å²) in [4.78, 5) is 4.54. The Morgan fingerprint density at radius 1 is 1.12 bits per heavy atom. The van der Waals surface area contributed by atoms with Crippen molar-refractivity contribution >= 4 is 44.0 Å². The molecule has 0 spiro atoms. The molecule has 0 aliphatic carbocycles. The average molecular weight is 389 g/mol. The van der Waals surface area contributed by atoms with Crippen LogP contribution in [0.15, 0.2) is 58.6 Å². The van der Waals surface area contributed by atoms with Crippen molar-refractivity contribution in [2.24, 2.45) is 10.1 Å². The van der Waals surface area contributed by atoms with E-state index in [0.717, 1.165) is 22.1 Å². The quantitative estimate of drug-likeness (QED) is 0.873. The van der Waals surface area contributed by atoms with Crippen molar-refractivity contribution in [2.45, 2.75) is 6.92 Å². The number of sulfonamides is 1. The summed E-state index contributed by atoms with van der Waals surface area (Å²) in [6, 6.07) is 15.3. The number of rotatable bonds is 4. The van der Waals surface area contributed by atoms with E-state index in [9.17, 15) is 8.42 Å². The van der Waals surface area contributed by atoms with Crippen LogP contribution in [0.5, 0.6) is 0 Å². The van der Waals surface area contributed by atoms with Crippen LogP contribution in [-0.4, -0.2) is 38.4 Å². The lowest BCUT2D eigenvalue weighted by Gasteiger charge is -2.18. The van der Waals surface area contributed by atoms with Crippen LogP contribution in [0.3, 0.4) is 0 Å². The van der Waals surface area contributed by atoms with E-state index in [2.05, 4.69) is 15.5 Å². The Labute approximate surface area is 158 Å². The van der Waals surface area contributed by atoms with Gasteiger partial charge in [-0.05, 0) is 36.8 Å². The molecule has 2 aromatic rings. The van der Waals surface area contributed by atoms with Crippen molar-refractivity contribution < 1.29 is 8.42 Å². The van der Waals surface area contributed by atoms with E-state index in [4.69, 9.17) is 0 Å². The van der Waals surface area contributed by atoms with Gasteiger partial charge in [0.1, 0.15) is 0 Å². The van der Waals surface area contributed by atoms with E-state index in [1.165, 1.54) is 23.2 Å². The van der Waals surface area contributed by atoms with E-state index in [0.29, 0.717) is 11.4 Å². The van der Waals surface area contributed by atoms with Crippen molar-refractivity contribution in [1.82, 2.24) is 5.43 Å². The molecule has 0 unspecified atom stereocenters. The highest BCUT2D eigenvalue weighted by molar-refractivity contribution is 8.14. The third kappa shape index (κ3) is 4.44. The molecule has 0 radical (unpaired) electrons. The maximum atomic E-state index is 11.6. The molecule has 26 heavy (non-hydrogen) atoms. The van der Waals surface area contributed by atoms with Crippen molar-refractivity contribution in [2.75, 3.05) is 23.4 Å². The van der Waals surface area contributed by atoms with Gasteiger partial charge in [0.25, 0.3) is 0 Å². The van der Waals surface area contributed by atoms with Crippen LogP contribution in [-0.2, 0) is 10.0 Å². The zero-order valence-electron chi connectivity index (χ0n) is 14.8. The number of amidine groups is 1. The van der Waals surface area contributed by atoms with E-state index >= 15 is 0 Å². The van der Waals surface area contributed by atoms with Crippen LogP contribution in [0.25, 0.3) is 0 Å². The van der Waals surface area contributed by atoms with Gasteiger partial charge in [0.05, 0.1) is 23.3 Å². The Bertz CT molecular complexity index is 950. The first kappa shape index (κ1) is 18.5. The minimum Gasteiger partial charge on any atom is -0.274 e. The molecular formula is C18H20N4O2S2. The van der Waals surface area contributed by atoms with Gasteiger partial charge in [-0.1, -0.05) is 41.6 Å². The van der Waals surface area contributed by atoms with Crippen molar-refractivity contribution in [1.29, 1.82) is 0 Å². The lowest BCUT2D eigenvalue weighted by atomic mass is 10.1. The van der Waals surface area contributed by atoms with Crippen molar-refractivity contribution in [3.05, 3.63) is 59.7 Å². The molecule has 3 rings (SSSR count). The largest absolute Gasteiger partial charge is 0.274 e. The number of benzene rings is 2. The first-order chi connectivity index (χ1) is 12.3. The van der Waals surface area contributed by atoms with E-state index in [1.807, 2.05) is 43.3 Å². The standard InChI is InChI=1S/C18H20N4O2S2/c1-13-4-8-15(9-5-13)19-18-21-20-17(12-25-18)14-6-10-16(11-7-14)22(2)26(3,23)24/h4-11H,12H2,1-3H3,(H,19,21). The molecule has 136 valence electrons. The van der Waals surface area contributed by atoms with Crippen LogP contribution in [0, 0.1) is 6.92 Å². The number of hydrazone groups is 1. The summed E-state index contributed by atoms with van der Waals surface area (Å²) in [5, 5.41) is 5.16. The number of hydrogen-bond acceptors (Lipinski definition) is 5. The van der Waals surface area contributed by atoms with Crippen LogP contribution < -0.4 is 9.73 Å². The van der Waals surface area contributed by atoms with Crippen LogP contribution in [0.1, 0.15) is 11.1 Å². The highest BCUT2D eigenvalue weighted by atomic mass is 32.2. The normalized spacial score (nSPS) is 16.1. The lowest BCUT2D eigenvalue weighted by molar-refractivity contribution is 0.600. The molecule has 1 N–H and O–H groups in total. The number of nitrogens with one attached hydrogen (secondary N) is 1. The monoisotopic (exact) mass is 388 g/mol. The summed E-state index contributed by atoms with van der Waals surface area (Å²) in [6.45, 7) is 2.04. The number of aryl methyl sites for hydroxylation is 1. The van der Waals surface area contributed by atoms with Gasteiger partial charge in [-0.25, -0.2) is 13.4 Å². The summed E-state index contributed by atoms with van der Waals surface area (Å²) in [5.41, 5.74) is 7.54. The zero-order chi connectivity index (χ0) is 18.7. The molecule has 1 heterocycles. The average Bonchev–Trinajstić information content (AvgIpc) is 2.63. The molecule has 8 heteroatoms. The highest BCUT2D eigenvalue weighted by Gasteiger charge is 2.15. The molecule has 1 aliphatic heterocycles. The van der Waals surface area contributed by atoms with E-state index in [-0.39, 0.29) is 0 Å². The predicted molar refractivity (Wildman–Crippen MR) is 110 cm³/mol. The molecule has 0 saturated carbocycles. The summed E-state index contributed by atoms with van der Waals surface area (Å²) in [7, 11) is -1.73. The predicted octanol–water partition coefficient (Wildman–Crippen LogP) is 3.12. The molecule has 0 saturated heterocycles. The molecule has 0 aromatic heterocycles. The first-order valence-corrected chi connectivity index (χ1v) is 10.8. The third-order valence-electron chi connectivity index (χ3n) is 3.96. The van der Waals surface area contributed by atoms with Gasteiger partial charge in [0.2, 0.25) is 10.0 Å². The van der Waals surface area contributed by atoms with Crippen LogP contribution in [0.2, 0.25) is 0 Å². The number of aliphatic imine (C=N–C) groups is 1. The molecule has 0 atom stereocenters. The second-order valence-electron chi connectivity index (χ2n) is 5.99. The number of nitrogens with zero attached hydrogens (tertiary/aromatic N) is 3. The Balaban J connectivity index is 1.72. The summed E-state index contributed by atoms with van der Waals surface area (Å²) < 4.78 is 24.4. The van der Waals surface area contributed by atoms with Crippen LogP contribution >= 0.6 is 11.8 Å². The smallest absolute Gasteiger partial charge is 0.231 e. The van der Waals surface area contributed by atoms with Gasteiger partial charge < -0.3 is 0 Å². The van der Waals surface area contributed by atoms with Crippen molar-refractivity contribution in [3.8, 4) is 0 Å². The van der Waals surface area contributed by atoms with Crippen LogP contribution in [0.4, 0.5) is 11.4 Å². The minimum absolute atomic E-state index is 0.620.